The number of morpholine rings is 1. The average Bonchev–Trinajstić information content (AvgIpc) is 3.16. The molecule has 164 valence electrons. The molecule has 0 bridgehead atoms. The summed E-state index contributed by atoms with van der Waals surface area (Å²) in [6.07, 6.45) is 1.56. The molecule has 2 aromatic carbocycles. The quantitative estimate of drug-likeness (QED) is 0.546. The van der Waals surface area contributed by atoms with Gasteiger partial charge in [-0.15, -0.1) is 0 Å². The summed E-state index contributed by atoms with van der Waals surface area (Å²) in [6.45, 7) is 3.76. The largest absolute Gasteiger partial charge is 0.493 e. The molecule has 1 aromatic heterocycles. The van der Waals surface area contributed by atoms with Crippen molar-refractivity contribution < 1.29 is 18.3 Å². The SMILES string of the molecule is Cn1nc(C2CN(CCc3ccccc3)CCO2)cc1CCOc1ccc(F)c(F)c1. The maximum absolute atomic E-state index is 13.3. The highest BCUT2D eigenvalue weighted by molar-refractivity contribution is 5.24. The fraction of sp³-hybridized carbons (Fsp3) is 0.375. The Morgan fingerprint density at radius 2 is 1.90 bits per heavy atom. The lowest BCUT2D eigenvalue weighted by Gasteiger charge is -2.32. The first-order valence-corrected chi connectivity index (χ1v) is 10.6. The van der Waals surface area contributed by atoms with E-state index in [1.54, 1.807) is 0 Å². The Labute approximate surface area is 181 Å². The first-order valence-electron chi connectivity index (χ1n) is 10.6. The van der Waals surface area contributed by atoms with Crippen LogP contribution in [-0.2, 0) is 24.6 Å². The van der Waals surface area contributed by atoms with Crippen LogP contribution >= 0.6 is 0 Å². The van der Waals surface area contributed by atoms with Gasteiger partial charge in [-0.3, -0.25) is 9.58 Å². The molecule has 0 amide bonds. The van der Waals surface area contributed by atoms with Gasteiger partial charge in [-0.1, -0.05) is 30.3 Å². The van der Waals surface area contributed by atoms with Crippen LogP contribution in [0.3, 0.4) is 0 Å². The van der Waals surface area contributed by atoms with Crippen molar-refractivity contribution in [2.24, 2.45) is 7.05 Å². The van der Waals surface area contributed by atoms with Crippen LogP contribution in [0.25, 0.3) is 0 Å². The Morgan fingerprint density at radius 3 is 2.71 bits per heavy atom. The Balaban J connectivity index is 1.30. The van der Waals surface area contributed by atoms with Crippen LogP contribution in [0.15, 0.2) is 54.6 Å². The highest BCUT2D eigenvalue weighted by Gasteiger charge is 2.24. The molecule has 5 nitrogen and oxygen atoms in total. The van der Waals surface area contributed by atoms with Gasteiger partial charge in [0.25, 0.3) is 0 Å². The van der Waals surface area contributed by atoms with Crippen LogP contribution in [0.1, 0.15) is 23.1 Å². The smallest absolute Gasteiger partial charge is 0.162 e. The van der Waals surface area contributed by atoms with Crippen molar-refractivity contribution >= 4 is 0 Å². The zero-order valence-electron chi connectivity index (χ0n) is 17.6. The fourth-order valence-corrected chi connectivity index (χ4v) is 3.78. The number of aromatic nitrogens is 2. The maximum Gasteiger partial charge on any atom is 0.162 e. The number of hydrogen-bond donors (Lipinski definition) is 0. The van der Waals surface area contributed by atoms with Crippen molar-refractivity contribution in [2.45, 2.75) is 18.9 Å². The van der Waals surface area contributed by atoms with Crippen LogP contribution in [0.5, 0.6) is 5.75 Å². The zero-order valence-corrected chi connectivity index (χ0v) is 17.6. The summed E-state index contributed by atoms with van der Waals surface area (Å²) in [5.41, 5.74) is 3.25. The minimum absolute atomic E-state index is 0.0587. The Bertz CT molecular complexity index is 994. The minimum atomic E-state index is -0.911. The topological polar surface area (TPSA) is 39.5 Å². The molecule has 1 saturated heterocycles. The lowest BCUT2D eigenvalue weighted by molar-refractivity contribution is -0.0318. The first-order chi connectivity index (χ1) is 15.1. The number of nitrogens with zero attached hydrogens (tertiary/aromatic N) is 3. The number of ether oxygens (including phenoxy) is 2. The van der Waals surface area contributed by atoms with Gasteiger partial charge in [0.2, 0.25) is 0 Å². The molecule has 7 heteroatoms. The molecule has 1 unspecified atom stereocenters. The number of benzene rings is 2. The van der Waals surface area contributed by atoms with Crippen LogP contribution in [0, 0.1) is 11.6 Å². The summed E-state index contributed by atoms with van der Waals surface area (Å²) in [5, 5.41) is 4.64. The van der Waals surface area contributed by atoms with Crippen LogP contribution < -0.4 is 4.74 Å². The standard InChI is InChI=1S/C24H27F2N3O2/c1-28-19(10-13-30-20-7-8-21(25)22(26)16-20)15-23(27-28)24-17-29(12-14-31-24)11-9-18-5-3-2-4-6-18/h2-8,15-16,24H,9-14,17H2,1H3. The summed E-state index contributed by atoms with van der Waals surface area (Å²) in [6, 6.07) is 16.1. The van der Waals surface area contributed by atoms with Gasteiger partial charge in [-0.25, -0.2) is 8.78 Å². The van der Waals surface area contributed by atoms with Gasteiger partial charge in [-0.05, 0) is 30.2 Å². The minimum Gasteiger partial charge on any atom is -0.493 e. The lowest BCUT2D eigenvalue weighted by atomic mass is 10.1. The molecule has 1 atom stereocenters. The Hall–Kier alpha value is -2.77. The molecule has 1 aliphatic heterocycles. The van der Waals surface area contributed by atoms with Gasteiger partial charge < -0.3 is 9.47 Å². The van der Waals surface area contributed by atoms with Crippen molar-refractivity contribution in [1.29, 1.82) is 0 Å². The average molecular weight is 427 g/mol. The summed E-state index contributed by atoms with van der Waals surface area (Å²) in [7, 11) is 1.90. The molecule has 0 saturated carbocycles. The van der Waals surface area contributed by atoms with E-state index in [0.717, 1.165) is 49.6 Å². The van der Waals surface area contributed by atoms with Gasteiger partial charge in [-0.2, -0.15) is 5.10 Å². The van der Waals surface area contributed by atoms with Gasteiger partial charge in [0.15, 0.2) is 11.6 Å². The highest BCUT2D eigenvalue weighted by Crippen LogP contribution is 2.23. The normalized spacial score (nSPS) is 17.1. The zero-order chi connectivity index (χ0) is 21.6. The van der Waals surface area contributed by atoms with E-state index in [1.807, 2.05) is 23.9 Å². The third-order valence-corrected chi connectivity index (χ3v) is 5.55. The van der Waals surface area contributed by atoms with Gasteiger partial charge in [0, 0.05) is 44.9 Å². The Morgan fingerprint density at radius 1 is 1.06 bits per heavy atom. The number of aryl methyl sites for hydroxylation is 1. The van der Waals surface area contributed by atoms with Gasteiger partial charge in [0.1, 0.15) is 11.9 Å². The van der Waals surface area contributed by atoms with E-state index in [1.165, 1.54) is 11.6 Å². The summed E-state index contributed by atoms with van der Waals surface area (Å²) in [5.74, 6) is -1.48. The molecule has 1 fully saturated rings. The van der Waals surface area contributed by atoms with Crippen LogP contribution in [0.4, 0.5) is 8.78 Å². The van der Waals surface area contributed by atoms with E-state index in [-0.39, 0.29) is 6.10 Å². The second-order valence-corrected chi connectivity index (χ2v) is 7.75. The van der Waals surface area contributed by atoms with E-state index in [4.69, 9.17) is 9.47 Å². The molecule has 4 rings (SSSR count). The van der Waals surface area contributed by atoms with Gasteiger partial charge in [0.05, 0.1) is 18.9 Å². The van der Waals surface area contributed by atoms with Crippen LogP contribution in [0.2, 0.25) is 0 Å². The predicted molar refractivity (Wildman–Crippen MR) is 114 cm³/mol. The second kappa shape index (κ2) is 10.0. The van der Waals surface area contributed by atoms with Crippen molar-refractivity contribution in [3.63, 3.8) is 0 Å². The molecular weight excluding hydrogens is 400 g/mol. The monoisotopic (exact) mass is 427 g/mol. The van der Waals surface area contributed by atoms with E-state index >= 15 is 0 Å². The molecule has 2 heterocycles. The molecule has 0 aliphatic carbocycles. The van der Waals surface area contributed by atoms with Crippen molar-refractivity contribution in [2.75, 3.05) is 32.8 Å². The molecule has 3 aromatic rings. The second-order valence-electron chi connectivity index (χ2n) is 7.75. The van der Waals surface area contributed by atoms with Gasteiger partial charge >= 0.3 is 0 Å². The number of hydrogen-bond acceptors (Lipinski definition) is 4. The van der Waals surface area contributed by atoms with Crippen molar-refractivity contribution in [1.82, 2.24) is 14.7 Å². The third kappa shape index (κ3) is 5.68. The highest BCUT2D eigenvalue weighted by atomic mass is 19.2. The van der Waals surface area contributed by atoms with E-state index in [9.17, 15) is 8.78 Å². The Kier molecular flexibility index (Phi) is 6.94. The summed E-state index contributed by atoms with van der Waals surface area (Å²) >= 11 is 0. The molecule has 0 spiro atoms. The molecule has 0 radical (unpaired) electrons. The van der Waals surface area contributed by atoms with Crippen molar-refractivity contribution in [3.8, 4) is 5.75 Å². The number of halogens is 2. The fourth-order valence-electron chi connectivity index (χ4n) is 3.78. The number of rotatable bonds is 8. The first kappa shape index (κ1) is 21.5. The van der Waals surface area contributed by atoms with E-state index < -0.39 is 11.6 Å². The summed E-state index contributed by atoms with van der Waals surface area (Å²) in [4.78, 5) is 2.42. The predicted octanol–water partition coefficient (Wildman–Crippen LogP) is 3.94. The van der Waals surface area contributed by atoms with E-state index in [0.29, 0.717) is 25.4 Å². The molecule has 0 N–H and O–H groups in total. The molecule has 31 heavy (non-hydrogen) atoms. The molecular formula is C24H27F2N3O2. The van der Waals surface area contributed by atoms with E-state index in [2.05, 4.69) is 34.3 Å². The third-order valence-electron chi connectivity index (χ3n) is 5.55. The molecule has 1 aliphatic rings. The maximum atomic E-state index is 13.3. The van der Waals surface area contributed by atoms with Crippen LogP contribution in [-0.4, -0.2) is 47.5 Å². The van der Waals surface area contributed by atoms with Crippen molar-refractivity contribution in [3.05, 3.63) is 83.2 Å². The lowest BCUT2D eigenvalue weighted by Crippen LogP contribution is -2.39. The summed E-state index contributed by atoms with van der Waals surface area (Å²) < 4.78 is 39.7.